The third-order valence-electron chi connectivity index (χ3n) is 4.85. The van der Waals surface area contributed by atoms with Gasteiger partial charge >= 0.3 is 0 Å². The summed E-state index contributed by atoms with van der Waals surface area (Å²) in [5.41, 5.74) is 0. The van der Waals surface area contributed by atoms with Crippen LogP contribution in [0.15, 0.2) is 52.0 Å². The maximum absolute atomic E-state index is 12.3. The first kappa shape index (κ1) is 19.8. The average molecular weight is 389 g/mol. The van der Waals surface area contributed by atoms with Gasteiger partial charge in [0, 0.05) is 23.6 Å². The smallest absolute Gasteiger partial charge is 0.220 e. The normalized spacial score (nSPS) is 16.0. The summed E-state index contributed by atoms with van der Waals surface area (Å²) in [5.74, 6) is 2.63. The van der Waals surface area contributed by atoms with Gasteiger partial charge in [0.2, 0.25) is 5.91 Å². The Morgan fingerprint density at radius 3 is 2.67 bits per heavy atom. The summed E-state index contributed by atoms with van der Waals surface area (Å²) >= 11 is 1.68. The molecule has 1 saturated heterocycles. The van der Waals surface area contributed by atoms with E-state index in [1.54, 1.807) is 25.1 Å². The SMILES string of the molecule is COc1ccc(SCCC(=O)NCC(c2ccco2)N2CCCCC2)cc1. The van der Waals surface area contributed by atoms with Gasteiger partial charge in [0.1, 0.15) is 11.5 Å². The van der Waals surface area contributed by atoms with Gasteiger partial charge in [-0.15, -0.1) is 11.8 Å². The molecule has 1 aliphatic rings. The zero-order chi connectivity index (χ0) is 18.9. The van der Waals surface area contributed by atoms with E-state index in [2.05, 4.69) is 10.2 Å². The molecule has 1 aliphatic heterocycles. The number of hydrogen-bond acceptors (Lipinski definition) is 5. The van der Waals surface area contributed by atoms with E-state index in [0.717, 1.165) is 35.2 Å². The predicted octanol–water partition coefficient (Wildman–Crippen LogP) is 4.11. The van der Waals surface area contributed by atoms with E-state index in [4.69, 9.17) is 9.15 Å². The van der Waals surface area contributed by atoms with Crippen LogP contribution in [0.25, 0.3) is 0 Å². The Labute approximate surface area is 165 Å². The highest BCUT2D eigenvalue weighted by Crippen LogP contribution is 2.25. The highest BCUT2D eigenvalue weighted by atomic mass is 32.2. The van der Waals surface area contributed by atoms with Crippen molar-refractivity contribution in [1.82, 2.24) is 10.2 Å². The van der Waals surface area contributed by atoms with Crippen LogP contribution in [-0.2, 0) is 4.79 Å². The molecule has 2 aromatic rings. The van der Waals surface area contributed by atoms with Crippen molar-refractivity contribution in [2.75, 3.05) is 32.5 Å². The molecular formula is C21H28N2O3S. The van der Waals surface area contributed by atoms with Crippen molar-refractivity contribution in [1.29, 1.82) is 0 Å². The molecule has 5 nitrogen and oxygen atoms in total. The monoisotopic (exact) mass is 388 g/mol. The van der Waals surface area contributed by atoms with Crippen molar-refractivity contribution in [3.63, 3.8) is 0 Å². The second-order valence-corrected chi connectivity index (χ2v) is 7.87. The first-order valence-electron chi connectivity index (χ1n) is 9.57. The Bertz CT molecular complexity index is 682. The van der Waals surface area contributed by atoms with Crippen LogP contribution in [0.4, 0.5) is 0 Å². The fourth-order valence-electron chi connectivity index (χ4n) is 3.35. The Morgan fingerprint density at radius 2 is 2.00 bits per heavy atom. The summed E-state index contributed by atoms with van der Waals surface area (Å²) in [6.07, 6.45) is 5.92. The Kier molecular flexibility index (Phi) is 7.66. The van der Waals surface area contributed by atoms with E-state index < -0.39 is 0 Å². The van der Waals surface area contributed by atoms with Gasteiger partial charge in [0.15, 0.2) is 0 Å². The number of hydrogen-bond donors (Lipinski definition) is 1. The topological polar surface area (TPSA) is 54.7 Å². The lowest BCUT2D eigenvalue weighted by molar-refractivity contribution is -0.121. The number of likely N-dealkylation sites (tertiary alicyclic amines) is 1. The highest BCUT2D eigenvalue weighted by molar-refractivity contribution is 7.99. The zero-order valence-electron chi connectivity index (χ0n) is 15.9. The number of ether oxygens (including phenoxy) is 1. The van der Waals surface area contributed by atoms with Crippen LogP contribution in [-0.4, -0.2) is 43.3 Å². The lowest BCUT2D eigenvalue weighted by Gasteiger charge is -2.33. The van der Waals surface area contributed by atoms with E-state index in [1.165, 1.54) is 19.3 Å². The second-order valence-electron chi connectivity index (χ2n) is 6.71. The predicted molar refractivity (Wildman–Crippen MR) is 108 cm³/mol. The van der Waals surface area contributed by atoms with E-state index in [-0.39, 0.29) is 11.9 Å². The lowest BCUT2D eigenvalue weighted by atomic mass is 10.1. The van der Waals surface area contributed by atoms with Crippen molar-refractivity contribution in [3.05, 3.63) is 48.4 Å². The minimum atomic E-state index is 0.0876. The van der Waals surface area contributed by atoms with Crippen molar-refractivity contribution < 1.29 is 13.9 Å². The molecule has 1 fully saturated rings. The van der Waals surface area contributed by atoms with Gasteiger partial charge in [-0.05, 0) is 62.3 Å². The van der Waals surface area contributed by atoms with Crippen LogP contribution in [0.3, 0.4) is 0 Å². The first-order chi connectivity index (χ1) is 13.3. The largest absolute Gasteiger partial charge is 0.497 e. The summed E-state index contributed by atoms with van der Waals surface area (Å²) in [6.45, 7) is 2.72. The van der Waals surface area contributed by atoms with Crippen molar-refractivity contribution in [2.24, 2.45) is 0 Å². The molecule has 1 aromatic heterocycles. The van der Waals surface area contributed by atoms with Crippen molar-refractivity contribution >= 4 is 17.7 Å². The molecule has 27 heavy (non-hydrogen) atoms. The van der Waals surface area contributed by atoms with Crippen molar-refractivity contribution in [2.45, 2.75) is 36.6 Å². The summed E-state index contributed by atoms with van der Waals surface area (Å²) < 4.78 is 10.8. The number of amides is 1. The average Bonchev–Trinajstić information content (AvgIpc) is 3.24. The van der Waals surface area contributed by atoms with Crippen LogP contribution in [0, 0.1) is 0 Å². The molecule has 1 aromatic carbocycles. The molecule has 3 rings (SSSR count). The van der Waals surface area contributed by atoms with Crippen molar-refractivity contribution in [3.8, 4) is 5.75 Å². The molecule has 1 unspecified atom stereocenters. The van der Waals surface area contributed by atoms with E-state index in [9.17, 15) is 4.79 Å². The number of furan rings is 1. The Balaban J connectivity index is 1.44. The number of nitrogens with one attached hydrogen (secondary N) is 1. The maximum Gasteiger partial charge on any atom is 0.220 e. The quantitative estimate of drug-likeness (QED) is 0.655. The molecule has 0 radical (unpaired) electrons. The third kappa shape index (κ3) is 6.04. The summed E-state index contributed by atoms with van der Waals surface area (Å²) in [4.78, 5) is 15.9. The van der Waals surface area contributed by atoms with Gasteiger partial charge in [-0.25, -0.2) is 0 Å². The number of benzene rings is 1. The number of rotatable bonds is 9. The number of methoxy groups -OCH3 is 1. The van der Waals surface area contributed by atoms with Gasteiger partial charge in [0.25, 0.3) is 0 Å². The second kappa shape index (κ2) is 10.4. The van der Waals surface area contributed by atoms with Gasteiger partial charge in [-0.2, -0.15) is 0 Å². The van der Waals surface area contributed by atoms with Gasteiger partial charge in [-0.3, -0.25) is 9.69 Å². The Hall–Kier alpha value is -1.92. The molecular weight excluding hydrogens is 360 g/mol. The maximum atomic E-state index is 12.3. The molecule has 146 valence electrons. The number of carbonyl (C=O) groups is 1. The molecule has 1 amide bonds. The molecule has 2 heterocycles. The number of piperidine rings is 1. The van der Waals surface area contributed by atoms with Crippen LogP contribution in [0.2, 0.25) is 0 Å². The molecule has 1 atom stereocenters. The first-order valence-corrected chi connectivity index (χ1v) is 10.6. The molecule has 6 heteroatoms. The molecule has 0 saturated carbocycles. The van der Waals surface area contributed by atoms with Gasteiger partial charge in [0.05, 0.1) is 19.4 Å². The fraction of sp³-hybridized carbons (Fsp3) is 0.476. The number of nitrogens with zero attached hydrogens (tertiary/aromatic N) is 1. The minimum absolute atomic E-state index is 0.0876. The van der Waals surface area contributed by atoms with Gasteiger partial charge < -0.3 is 14.5 Å². The van der Waals surface area contributed by atoms with Crippen LogP contribution in [0.5, 0.6) is 5.75 Å². The van der Waals surface area contributed by atoms with Crippen LogP contribution in [0.1, 0.15) is 37.5 Å². The number of carbonyl (C=O) groups excluding carboxylic acids is 1. The minimum Gasteiger partial charge on any atom is -0.497 e. The zero-order valence-corrected chi connectivity index (χ0v) is 16.7. The summed E-state index contributed by atoms with van der Waals surface area (Å²) in [6, 6.07) is 12.0. The lowest BCUT2D eigenvalue weighted by Crippen LogP contribution is -2.40. The Morgan fingerprint density at radius 1 is 1.22 bits per heavy atom. The van der Waals surface area contributed by atoms with Gasteiger partial charge in [-0.1, -0.05) is 6.42 Å². The highest BCUT2D eigenvalue weighted by Gasteiger charge is 2.24. The van der Waals surface area contributed by atoms with Crippen LogP contribution >= 0.6 is 11.8 Å². The van der Waals surface area contributed by atoms with E-state index in [1.807, 2.05) is 36.4 Å². The fourth-order valence-corrected chi connectivity index (χ4v) is 4.20. The molecule has 1 N–H and O–H groups in total. The van der Waals surface area contributed by atoms with E-state index in [0.29, 0.717) is 13.0 Å². The summed E-state index contributed by atoms with van der Waals surface area (Å²) in [7, 11) is 1.66. The number of thioether (sulfide) groups is 1. The molecule has 0 spiro atoms. The standard InChI is InChI=1S/C21H28N2O3S/c1-25-17-7-9-18(10-8-17)27-15-11-21(24)22-16-19(20-6-5-14-26-20)23-12-3-2-4-13-23/h5-10,14,19H,2-4,11-13,15-16H2,1H3,(H,22,24). The summed E-state index contributed by atoms with van der Waals surface area (Å²) in [5, 5.41) is 3.10. The van der Waals surface area contributed by atoms with Crippen LogP contribution < -0.4 is 10.1 Å². The molecule has 0 aliphatic carbocycles. The van der Waals surface area contributed by atoms with E-state index >= 15 is 0 Å². The molecule has 0 bridgehead atoms. The third-order valence-corrected chi connectivity index (χ3v) is 5.87.